The number of fused-ring (bicyclic) bond motifs is 1. The molecule has 31 heavy (non-hydrogen) atoms. The van der Waals surface area contributed by atoms with Gasteiger partial charge in [-0.15, -0.1) is 5.10 Å². The van der Waals surface area contributed by atoms with Crippen LogP contribution in [-0.2, 0) is 4.79 Å². The van der Waals surface area contributed by atoms with Crippen LogP contribution in [0.2, 0.25) is 0 Å². The van der Waals surface area contributed by atoms with Crippen molar-refractivity contribution in [3.63, 3.8) is 0 Å². The van der Waals surface area contributed by atoms with E-state index in [-0.39, 0.29) is 12.4 Å². The number of ketones is 1. The van der Waals surface area contributed by atoms with Crippen molar-refractivity contribution >= 4 is 28.3 Å². The summed E-state index contributed by atoms with van der Waals surface area (Å²) in [5.41, 5.74) is 2.74. The summed E-state index contributed by atoms with van der Waals surface area (Å²) < 4.78 is 5.67. The van der Waals surface area contributed by atoms with Crippen LogP contribution in [0.3, 0.4) is 0 Å². The first kappa shape index (κ1) is 19.3. The van der Waals surface area contributed by atoms with Crippen molar-refractivity contribution in [3.05, 3.63) is 48.7 Å². The van der Waals surface area contributed by atoms with Crippen molar-refractivity contribution in [2.24, 2.45) is 5.92 Å². The lowest BCUT2D eigenvalue weighted by molar-refractivity contribution is -0.121. The summed E-state index contributed by atoms with van der Waals surface area (Å²) in [6, 6.07) is 13.4. The van der Waals surface area contributed by atoms with Gasteiger partial charge in [-0.1, -0.05) is 25.7 Å². The molecule has 3 N–H and O–H groups in total. The van der Waals surface area contributed by atoms with E-state index in [4.69, 9.17) is 4.74 Å². The minimum absolute atomic E-state index is 0.132. The number of ether oxygens (including phenoxy) is 1. The van der Waals surface area contributed by atoms with E-state index < -0.39 is 0 Å². The lowest BCUT2D eigenvalue weighted by atomic mass is 10.0. The Bertz CT molecular complexity index is 1170. The predicted molar refractivity (Wildman–Crippen MR) is 118 cm³/mol. The fraction of sp³-hybridized carbons (Fsp3) is 0.304. The van der Waals surface area contributed by atoms with Crippen molar-refractivity contribution in [1.82, 2.24) is 25.4 Å². The SMILES string of the molecule is O=C(COc1ccc(-c2nc(Nc3ccc4[nH]ncc4c3)n[nH]2)cc1)CC1CCCC1. The summed E-state index contributed by atoms with van der Waals surface area (Å²) in [5.74, 6) is 2.53. The molecule has 1 fully saturated rings. The van der Waals surface area contributed by atoms with E-state index >= 15 is 0 Å². The van der Waals surface area contributed by atoms with Crippen LogP contribution in [-0.4, -0.2) is 37.8 Å². The number of nitrogens with zero attached hydrogens (tertiary/aromatic N) is 3. The lowest BCUT2D eigenvalue weighted by Gasteiger charge is -2.09. The Balaban J connectivity index is 1.18. The van der Waals surface area contributed by atoms with Gasteiger partial charge in [0.25, 0.3) is 0 Å². The molecule has 5 rings (SSSR count). The molecule has 1 saturated carbocycles. The van der Waals surface area contributed by atoms with Gasteiger partial charge < -0.3 is 10.1 Å². The van der Waals surface area contributed by atoms with E-state index in [0.29, 0.717) is 29.9 Å². The third-order valence-corrected chi connectivity index (χ3v) is 5.70. The number of benzene rings is 2. The highest BCUT2D eigenvalue weighted by molar-refractivity contribution is 5.82. The van der Waals surface area contributed by atoms with Crippen LogP contribution in [0.4, 0.5) is 11.6 Å². The molecule has 158 valence electrons. The van der Waals surface area contributed by atoms with Crippen LogP contribution in [0.1, 0.15) is 32.1 Å². The number of aromatic amines is 2. The molecule has 0 amide bonds. The molecule has 2 aromatic heterocycles. The van der Waals surface area contributed by atoms with Gasteiger partial charge in [-0.25, -0.2) is 0 Å². The van der Waals surface area contributed by atoms with Crippen LogP contribution in [0, 0.1) is 5.92 Å². The van der Waals surface area contributed by atoms with E-state index in [1.165, 1.54) is 25.7 Å². The molecule has 1 aliphatic carbocycles. The number of anilines is 2. The van der Waals surface area contributed by atoms with E-state index in [0.717, 1.165) is 22.2 Å². The van der Waals surface area contributed by atoms with Crippen molar-refractivity contribution in [2.45, 2.75) is 32.1 Å². The van der Waals surface area contributed by atoms with Crippen molar-refractivity contribution in [3.8, 4) is 17.1 Å². The maximum atomic E-state index is 12.1. The first-order valence-electron chi connectivity index (χ1n) is 10.6. The average molecular weight is 416 g/mol. The van der Waals surface area contributed by atoms with Crippen LogP contribution in [0.25, 0.3) is 22.3 Å². The van der Waals surface area contributed by atoms with Gasteiger partial charge in [0, 0.05) is 23.1 Å². The molecule has 0 aliphatic heterocycles. The first-order valence-corrected chi connectivity index (χ1v) is 10.6. The fourth-order valence-electron chi connectivity index (χ4n) is 4.06. The van der Waals surface area contributed by atoms with E-state index in [1.54, 1.807) is 6.20 Å². The van der Waals surface area contributed by atoms with Crippen molar-refractivity contribution in [2.75, 3.05) is 11.9 Å². The number of carbonyl (C=O) groups excluding carboxylic acids is 1. The minimum Gasteiger partial charge on any atom is -0.486 e. The average Bonchev–Trinajstić information content (AvgIpc) is 3.55. The highest BCUT2D eigenvalue weighted by Gasteiger charge is 2.18. The molecule has 0 radical (unpaired) electrons. The largest absolute Gasteiger partial charge is 0.486 e. The zero-order chi connectivity index (χ0) is 21.0. The molecule has 0 unspecified atom stereocenters. The second-order valence-electron chi connectivity index (χ2n) is 8.01. The summed E-state index contributed by atoms with van der Waals surface area (Å²) in [5, 5.41) is 18.3. The summed E-state index contributed by atoms with van der Waals surface area (Å²) in [7, 11) is 0. The van der Waals surface area contributed by atoms with Gasteiger partial charge in [-0.3, -0.25) is 15.0 Å². The maximum Gasteiger partial charge on any atom is 0.246 e. The Labute approximate surface area is 179 Å². The van der Waals surface area contributed by atoms with E-state index in [2.05, 4.69) is 30.7 Å². The number of rotatable bonds is 8. The Kier molecular flexibility index (Phi) is 5.35. The minimum atomic E-state index is 0.132. The van der Waals surface area contributed by atoms with Gasteiger partial charge in [0.1, 0.15) is 12.4 Å². The van der Waals surface area contributed by atoms with Crippen LogP contribution in [0.5, 0.6) is 5.75 Å². The highest BCUT2D eigenvalue weighted by Crippen LogP contribution is 2.28. The number of aromatic nitrogens is 5. The standard InChI is InChI=1S/C23H24N6O2/c30-19(11-15-3-1-2-4-15)14-31-20-8-5-16(6-9-20)22-26-23(29-28-22)25-18-7-10-21-17(12-18)13-24-27-21/h5-10,12-13,15H,1-4,11,14H2,(H,24,27)(H2,25,26,28,29). The molecule has 2 aromatic carbocycles. The van der Waals surface area contributed by atoms with Crippen molar-refractivity contribution in [1.29, 1.82) is 0 Å². The summed E-state index contributed by atoms with van der Waals surface area (Å²) in [4.78, 5) is 16.6. The second kappa shape index (κ2) is 8.59. The number of nitrogens with one attached hydrogen (secondary N) is 3. The normalized spacial score (nSPS) is 14.2. The Hall–Kier alpha value is -3.68. The Morgan fingerprint density at radius 1 is 1.10 bits per heavy atom. The van der Waals surface area contributed by atoms with E-state index in [1.807, 2.05) is 42.5 Å². The molecule has 8 nitrogen and oxygen atoms in total. The third-order valence-electron chi connectivity index (χ3n) is 5.70. The van der Waals surface area contributed by atoms with Gasteiger partial charge in [0.2, 0.25) is 5.95 Å². The molecule has 0 spiro atoms. The van der Waals surface area contributed by atoms with Gasteiger partial charge >= 0.3 is 0 Å². The molecule has 2 heterocycles. The number of H-pyrrole nitrogens is 2. The second-order valence-corrected chi connectivity index (χ2v) is 8.01. The Morgan fingerprint density at radius 2 is 1.94 bits per heavy atom. The zero-order valence-corrected chi connectivity index (χ0v) is 17.1. The molecular formula is C23H24N6O2. The summed E-state index contributed by atoms with van der Waals surface area (Å²) in [6.07, 6.45) is 7.26. The number of carbonyl (C=O) groups is 1. The van der Waals surface area contributed by atoms with Gasteiger partial charge in [0.05, 0.1) is 11.7 Å². The third kappa shape index (κ3) is 4.58. The van der Waals surface area contributed by atoms with Crippen LogP contribution >= 0.6 is 0 Å². The number of hydrogen-bond acceptors (Lipinski definition) is 6. The highest BCUT2D eigenvalue weighted by atomic mass is 16.5. The summed E-state index contributed by atoms with van der Waals surface area (Å²) in [6.45, 7) is 0.132. The zero-order valence-electron chi connectivity index (χ0n) is 17.1. The molecule has 4 aromatic rings. The Morgan fingerprint density at radius 3 is 2.77 bits per heavy atom. The van der Waals surface area contributed by atoms with Crippen LogP contribution in [0.15, 0.2) is 48.7 Å². The molecular weight excluding hydrogens is 392 g/mol. The fourth-order valence-corrected chi connectivity index (χ4v) is 4.06. The van der Waals surface area contributed by atoms with Gasteiger partial charge in [-0.2, -0.15) is 10.1 Å². The monoisotopic (exact) mass is 416 g/mol. The molecule has 8 heteroatoms. The topological polar surface area (TPSA) is 109 Å². The molecule has 0 bridgehead atoms. The number of Topliss-reactive ketones (excluding diaryl/α,β-unsaturated/α-hetero) is 1. The van der Waals surface area contributed by atoms with Crippen molar-refractivity contribution < 1.29 is 9.53 Å². The van der Waals surface area contributed by atoms with Gasteiger partial charge in [0.15, 0.2) is 11.6 Å². The molecule has 1 aliphatic rings. The lowest BCUT2D eigenvalue weighted by Crippen LogP contribution is -2.14. The van der Waals surface area contributed by atoms with Gasteiger partial charge in [-0.05, 0) is 48.4 Å². The quantitative estimate of drug-likeness (QED) is 0.387. The number of hydrogen-bond donors (Lipinski definition) is 3. The maximum absolute atomic E-state index is 12.1. The smallest absolute Gasteiger partial charge is 0.246 e. The van der Waals surface area contributed by atoms with Crippen LogP contribution < -0.4 is 10.1 Å². The molecule has 0 saturated heterocycles. The predicted octanol–water partition coefficient (Wildman–Crippen LogP) is 4.62. The van der Waals surface area contributed by atoms with E-state index in [9.17, 15) is 4.79 Å². The molecule has 0 atom stereocenters. The summed E-state index contributed by atoms with van der Waals surface area (Å²) >= 11 is 0. The first-order chi connectivity index (χ1) is 15.2.